The highest BCUT2D eigenvalue weighted by molar-refractivity contribution is 5.49. The Morgan fingerprint density at radius 2 is 1.93 bits per heavy atom. The van der Waals surface area contributed by atoms with Crippen molar-refractivity contribution in [2.24, 2.45) is 5.92 Å². The number of nitrogens with zero attached hydrogens (tertiary/aromatic N) is 2. The van der Waals surface area contributed by atoms with Crippen LogP contribution in [0.2, 0.25) is 0 Å². The van der Waals surface area contributed by atoms with Crippen molar-refractivity contribution in [2.45, 2.75) is 44.7 Å². The second kappa shape index (κ2) is 8.38. The maximum Gasteiger partial charge on any atom is 0.161 e. The summed E-state index contributed by atoms with van der Waals surface area (Å²) in [6, 6.07) is 5.45. The number of benzene rings is 1. The van der Waals surface area contributed by atoms with E-state index in [1.54, 1.807) is 14.2 Å². The second-order valence-corrected chi connectivity index (χ2v) is 8.36. The SMILES string of the molecule is COc1cc2c(cc1OC)[C@H](C)N([C@@H]1CCCN(C[C@H]3CCOC3)C1)CC2. The molecule has 150 valence electrons. The molecule has 2 saturated heterocycles. The molecule has 4 rings (SSSR count). The summed E-state index contributed by atoms with van der Waals surface area (Å²) in [6.45, 7) is 9.05. The van der Waals surface area contributed by atoms with Gasteiger partial charge in [0.25, 0.3) is 0 Å². The van der Waals surface area contributed by atoms with Crippen molar-refractivity contribution in [3.05, 3.63) is 23.3 Å². The smallest absolute Gasteiger partial charge is 0.161 e. The van der Waals surface area contributed by atoms with Crippen LogP contribution in [0.15, 0.2) is 12.1 Å². The van der Waals surface area contributed by atoms with Crippen molar-refractivity contribution in [3.63, 3.8) is 0 Å². The highest BCUT2D eigenvalue weighted by Gasteiger charge is 2.33. The first kappa shape index (κ1) is 19.0. The number of rotatable bonds is 5. The number of hydrogen-bond acceptors (Lipinski definition) is 5. The Morgan fingerprint density at radius 3 is 2.67 bits per heavy atom. The number of fused-ring (bicyclic) bond motifs is 1. The molecule has 3 aliphatic heterocycles. The summed E-state index contributed by atoms with van der Waals surface area (Å²) >= 11 is 0. The molecular weight excluding hydrogens is 340 g/mol. The Balaban J connectivity index is 1.46. The quantitative estimate of drug-likeness (QED) is 0.791. The molecule has 1 aromatic carbocycles. The van der Waals surface area contributed by atoms with Crippen LogP contribution in [0.3, 0.4) is 0 Å². The van der Waals surface area contributed by atoms with Gasteiger partial charge in [-0.05, 0) is 68.3 Å². The molecule has 0 aliphatic carbocycles. The van der Waals surface area contributed by atoms with E-state index in [0.717, 1.165) is 43.6 Å². The van der Waals surface area contributed by atoms with Gasteiger partial charge in [0, 0.05) is 38.3 Å². The predicted octanol–water partition coefficient (Wildman–Crippen LogP) is 3.12. The summed E-state index contributed by atoms with van der Waals surface area (Å²) in [4.78, 5) is 5.41. The highest BCUT2D eigenvalue weighted by atomic mass is 16.5. The molecule has 3 atom stereocenters. The third-order valence-corrected chi connectivity index (χ3v) is 6.72. The van der Waals surface area contributed by atoms with Crippen LogP contribution in [0.5, 0.6) is 11.5 Å². The normalized spacial score (nSPS) is 29.5. The lowest BCUT2D eigenvalue weighted by molar-refractivity contribution is 0.0558. The molecule has 1 aromatic rings. The van der Waals surface area contributed by atoms with Crippen molar-refractivity contribution in [1.29, 1.82) is 0 Å². The van der Waals surface area contributed by atoms with Gasteiger partial charge in [-0.1, -0.05) is 0 Å². The van der Waals surface area contributed by atoms with E-state index in [1.807, 2.05) is 0 Å². The number of methoxy groups -OCH3 is 2. The molecule has 0 bridgehead atoms. The average Bonchev–Trinajstić information content (AvgIpc) is 3.20. The lowest BCUT2D eigenvalue weighted by atomic mass is 9.90. The summed E-state index contributed by atoms with van der Waals surface area (Å²) in [5, 5.41) is 0. The first-order valence-electron chi connectivity index (χ1n) is 10.5. The Hall–Kier alpha value is -1.30. The number of hydrogen-bond donors (Lipinski definition) is 0. The lowest BCUT2D eigenvalue weighted by Gasteiger charge is -2.45. The van der Waals surface area contributed by atoms with Crippen LogP contribution in [0, 0.1) is 5.92 Å². The van der Waals surface area contributed by atoms with E-state index in [0.29, 0.717) is 12.1 Å². The van der Waals surface area contributed by atoms with Crippen LogP contribution in [-0.2, 0) is 11.2 Å². The Bertz CT molecular complexity index is 645. The van der Waals surface area contributed by atoms with Gasteiger partial charge >= 0.3 is 0 Å². The molecule has 5 heteroatoms. The molecule has 0 radical (unpaired) electrons. The zero-order valence-electron chi connectivity index (χ0n) is 17.1. The minimum absolute atomic E-state index is 0.424. The monoisotopic (exact) mass is 374 g/mol. The summed E-state index contributed by atoms with van der Waals surface area (Å²) in [6.07, 6.45) is 4.94. The van der Waals surface area contributed by atoms with E-state index in [9.17, 15) is 0 Å². The minimum Gasteiger partial charge on any atom is -0.493 e. The average molecular weight is 375 g/mol. The van der Waals surface area contributed by atoms with Crippen LogP contribution in [0.25, 0.3) is 0 Å². The van der Waals surface area contributed by atoms with Crippen LogP contribution in [0.4, 0.5) is 0 Å². The molecule has 0 amide bonds. The topological polar surface area (TPSA) is 34.2 Å². The molecule has 0 saturated carbocycles. The molecule has 0 N–H and O–H groups in total. The Morgan fingerprint density at radius 1 is 1.11 bits per heavy atom. The number of ether oxygens (including phenoxy) is 3. The van der Waals surface area contributed by atoms with Gasteiger partial charge in [-0.3, -0.25) is 4.90 Å². The van der Waals surface area contributed by atoms with Crippen molar-refractivity contribution in [2.75, 3.05) is 53.6 Å². The van der Waals surface area contributed by atoms with E-state index in [-0.39, 0.29) is 0 Å². The molecule has 3 aliphatic rings. The maximum atomic E-state index is 5.58. The Kier molecular flexibility index (Phi) is 5.90. The van der Waals surface area contributed by atoms with Gasteiger partial charge in [0.1, 0.15) is 0 Å². The van der Waals surface area contributed by atoms with Crippen molar-refractivity contribution < 1.29 is 14.2 Å². The van der Waals surface area contributed by atoms with Crippen LogP contribution in [0.1, 0.15) is 43.4 Å². The van der Waals surface area contributed by atoms with Gasteiger partial charge in [0.2, 0.25) is 0 Å². The molecule has 0 unspecified atom stereocenters. The van der Waals surface area contributed by atoms with Crippen molar-refractivity contribution in [3.8, 4) is 11.5 Å². The van der Waals surface area contributed by atoms with Gasteiger partial charge in [-0.25, -0.2) is 0 Å². The lowest BCUT2D eigenvalue weighted by Crippen LogP contribution is -2.51. The molecule has 2 fully saturated rings. The fraction of sp³-hybridized carbons (Fsp3) is 0.727. The summed E-state index contributed by atoms with van der Waals surface area (Å²) in [7, 11) is 3.44. The summed E-state index contributed by atoms with van der Waals surface area (Å²) in [5.74, 6) is 2.43. The first-order valence-corrected chi connectivity index (χ1v) is 10.5. The minimum atomic E-state index is 0.424. The van der Waals surface area contributed by atoms with E-state index >= 15 is 0 Å². The van der Waals surface area contributed by atoms with Gasteiger partial charge in [0.05, 0.1) is 20.8 Å². The standard InChI is InChI=1S/C22H34N2O3/c1-16-20-12-22(26-3)21(25-2)11-18(20)6-9-24(16)19-5-4-8-23(14-19)13-17-7-10-27-15-17/h11-12,16-17,19H,4-10,13-15H2,1-3H3/t16-,17+,19+/m0/s1. The molecule has 0 aromatic heterocycles. The third kappa shape index (κ3) is 3.96. The molecule has 0 spiro atoms. The third-order valence-electron chi connectivity index (χ3n) is 6.72. The maximum absolute atomic E-state index is 5.58. The van der Waals surface area contributed by atoms with Crippen molar-refractivity contribution >= 4 is 0 Å². The summed E-state index contributed by atoms with van der Waals surface area (Å²) < 4.78 is 16.6. The largest absolute Gasteiger partial charge is 0.493 e. The molecular formula is C22H34N2O3. The van der Waals surface area contributed by atoms with Crippen molar-refractivity contribution in [1.82, 2.24) is 9.80 Å². The van der Waals surface area contributed by atoms with E-state index in [1.165, 1.54) is 50.0 Å². The molecule has 5 nitrogen and oxygen atoms in total. The van der Waals surface area contributed by atoms with Gasteiger partial charge < -0.3 is 19.1 Å². The van der Waals surface area contributed by atoms with Crippen LogP contribution < -0.4 is 9.47 Å². The van der Waals surface area contributed by atoms with E-state index < -0.39 is 0 Å². The fourth-order valence-corrected chi connectivity index (χ4v) is 5.22. The number of piperidine rings is 1. The van der Waals surface area contributed by atoms with Crippen LogP contribution >= 0.6 is 0 Å². The Labute approximate surface area is 163 Å². The first-order chi connectivity index (χ1) is 13.2. The second-order valence-electron chi connectivity index (χ2n) is 8.36. The highest BCUT2D eigenvalue weighted by Crippen LogP contribution is 2.39. The van der Waals surface area contributed by atoms with Crippen LogP contribution in [-0.4, -0.2) is 69.5 Å². The summed E-state index contributed by atoms with van der Waals surface area (Å²) in [5.41, 5.74) is 2.81. The van der Waals surface area contributed by atoms with Gasteiger partial charge in [0.15, 0.2) is 11.5 Å². The zero-order valence-corrected chi connectivity index (χ0v) is 17.1. The predicted molar refractivity (Wildman–Crippen MR) is 107 cm³/mol. The van der Waals surface area contributed by atoms with Gasteiger partial charge in [-0.15, -0.1) is 0 Å². The zero-order chi connectivity index (χ0) is 18.8. The van der Waals surface area contributed by atoms with Gasteiger partial charge in [-0.2, -0.15) is 0 Å². The van der Waals surface area contributed by atoms with E-state index in [4.69, 9.17) is 14.2 Å². The molecule has 3 heterocycles. The fourth-order valence-electron chi connectivity index (χ4n) is 5.22. The number of likely N-dealkylation sites (tertiary alicyclic amines) is 1. The molecule has 27 heavy (non-hydrogen) atoms. The van der Waals surface area contributed by atoms with E-state index in [2.05, 4.69) is 28.9 Å².